The van der Waals surface area contributed by atoms with Crippen molar-refractivity contribution in [3.05, 3.63) is 75.2 Å². The molecule has 0 aliphatic heterocycles. The smallest absolute Gasteiger partial charge is 0.274 e. The van der Waals surface area contributed by atoms with Crippen LogP contribution in [0.2, 0.25) is 0 Å². The number of aromatic nitrogens is 3. The highest BCUT2D eigenvalue weighted by atomic mass is 32.2. The number of anilines is 2. The van der Waals surface area contributed by atoms with Crippen molar-refractivity contribution >= 4 is 27.6 Å². The van der Waals surface area contributed by atoms with Crippen molar-refractivity contribution in [2.75, 3.05) is 10.1 Å². The van der Waals surface area contributed by atoms with Gasteiger partial charge in [-0.3, -0.25) is 30.1 Å². The van der Waals surface area contributed by atoms with Crippen molar-refractivity contribution in [3.63, 3.8) is 0 Å². The number of rotatable bonds is 9. The van der Waals surface area contributed by atoms with Gasteiger partial charge in [0.15, 0.2) is 0 Å². The summed E-state index contributed by atoms with van der Waals surface area (Å²) in [5.74, 6) is -0.655. The summed E-state index contributed by atoms with van der Waals surface area (Å²) in [5, 5.41) is 7.37. The third-order valence-corrected chi connectivity index (χ3v) is 6.32. The summed E-state index contributed by atoms with van der Waals surface area (Å²) < 4.78 is 28.3. The number of amides is 1. The molecule has 0 aliphatic carbocycles. The molecule has 3 rings (SSSR count). The fourth-order valence-corrected chi connectivity index (χ4v) is 4.06. The van der Waals surface area contributed by atoms with Crippen LogP contribution in [0, 0.1) is 13.8 Å². The SMILES string of the molecule is CCCCc1ccc(NS(=O)(=O)c2ccc(C)c(C(=O)NNc3nnc(C)c(=O)[nH]3)c2)cc1. The Morgan fingerprint density at radius 2 is 1.79 bits per heavy atom. The minimum Gasteiger partial charge on any atom is -0.288 e. The van der Waals surface area contributed by atoms with E-state index in [1.165, 1.54) is 19.1 Å². The summed E-state index contributed by atoms with van der Waals surface area (Å²) in [4.78, 5) is 26.6. The fourth-order valence-electron chi connectivity index (χ4n) is 2.98. The maximum absolute atomic E-state index is 12.9. The van der Waals surface area contributed by atoms with Gasteiger partial charge in [-0.05, 0) is 62.1 Å². The van der Waals surface area contributed by atoms with Gasteiger partial charge in [-0.2, -0.15) is 0 Å². The molecule has 33 heavy (non-hydrogen) atoms. The van der Waals surface area contributed by atoms with Gasteiger partial charge in [-0.1, -0.05) is 31.5 Å². The maximum Gasteiger partial charge on any atom is 0.274 e. The second kappa shape index (κ2) is 10.3. The number of hydrogen-bond acceptors (Lipinski definition) is 7. The number of sulfonamides is 1. The molecule has 3 aromatic rings. The Hall–Kier alpha value is -3.73. The summed E-state index contributed by atoms with van der Waals surface area (Å²) >= 11 is 0. The van der Waals surface area contributed by atoms with Gasteiger partial charge in [0.2, 0.25) is 5.95 Å². The van der Waals surface area contributed by atoms with Crippen LogP contribution in [0.3, 0.4) is 0 Å². The Morgan fingerprint density at radius 3 is 2.45 bits per heavy atom. The maximum atomic E-state index is 12.9. The molecule has 0 unspecified atom stereocenters. The monoisotopic (exact) mass is 470 g/mol. The van der Waals surface area contributed by atoms with E-state index in [4.69, 9.17) is 0 Å². The first-order valence-electron chi connectivity index (χ1n) is 10.4. The van der Waals surface area contributed by atoms with E-state index in [1.807, 2.05) is 12.1 Å². The number of aromatic amines is 1. The summed E-state index contributed by atoms with van der Waals surface area (Å²) in [6, 6.07) is 11.5. The molecule has 4 N–H and O–H groups in total. The van der Waals surface area contributed by atoms with Crippen molar-refractivity contribution in [1.82, 2.24) is 20.6 Å². The lowest BCUT2D eigenvalue weighted by atomic mass is 10.1. The van der Waals surface area contributed by atoms with Gasteiger partial charge in [-0.15, -0.1) is 10.2 Å². The Bertz CT molecular complexity index is 1300. The number of hydrazine groups is 1. The topological polar surface area (TPSA) is 146 Å². The molecule has 11 heteroatoms. The highest BCUT2D eigenvalue weighted by Gasteiger charge is 2.18. The lowest BCUT2D eigenvalue weighted by molar-refractivity contribution is 0.0961. The van der Waals surface area contributed by atoms with Gasteiger partial charge < -0.3 is 0 Å². The number of benzene rings is 2. The Kier molecular flexibility index (Phi) is 7.44. The Labute approximate surface area is 191 Å². The molecular formula is C22H26N6O4S. The first-order valence-corrected chi connectivity index (χ1v) is 11.9. The average Bonchev–Trinajstić information content (AvgIpc) is 2.79. The molecule has 0 atom stereocenters. The number of hydrogen-bond donors (Lipinski definition) is 4. The van der Waals surface area contributed by atoms with Crippen LogP contribution in [0.5, 0.6) is 0 Å². The van der Waals surface area contributed by atoms with E-state index < -0.39 is 21.5 Å². The zero-order valence-corrected chi connectivity index (χ0v) is 19.4. The van der Waals surface area contributed by atoms with Gasteiger partial charge in [0.1, 0.15) is 5.69 Å². The summed E-state index contributed by atoms with van der Waals surface area (Å²) in [7, 11) is -3.91. The van der Waals surface area contributed by atoms with Crippen molar-refractivity contribution in [2.24, 2.45) is 0 Å². The van der Waals surface area contributed by atoms with E-state index in [1.54, 1.807) is 25.1 Å². The third-order valence-electron chi connectivity index (χ3n) is 4.94. The highest BCUT2D eigenvalue weighted by Crippen LogP contribution is 2.20. The fraction of sp³-hybridized carbons (Fsp3) is 0.273. The minimum atomic E-state index is -3.91. The molecule has 174 valence electrons. The van der Waals surface area contributed by atoms with Crippen LogP contribution in [0.25, 0.3) is 0 Å². The van der Waals surface area contributed by atoms with Crippen LogP contribution in [0.1, 0.15) is 46.9 Å². The van der Waals surface area contributed by atoms with Gasteiger partial charge >= 0.3 is 0 Å². The minimum absolute atomic E-state index is 0.0515. The van der Waals surface area contributed by atoms with E-state index in [2.05, 4.69) is 37.7 Å². The predicted octanol–water partition coefficient (Wildman–Crippen LogP) is 2.68. The molecule has 0 saturated carbocycles. The van der Waals surface area contributed by atoms with Crippen LogP contribution in [-0.4, -0.2) is 29.5 Å². The molecule has 0 spiro atoms. The van der Waals surface area contributed by atoms with Crippen LogP contribution in [0.4, 0.5) is 11.6 Å². The van der Waals surface area contributed by atoms with E-state index in [9.17, 15) is 18.0 Å². The van der Waals surface area contributed by atoms with Crippen LogP contribution >= 0.6 is 0 Å². The molecule has 10 nitrogen and oxygen atoms in total. The molecule has 0 bridgehead atoms. The predicted molar refractivity (Wildman–Crippen MR) is 126 cm³/mol. The average molecular weight is 471 g/mol. The summed E-state index contributed by atoms with van der Waals surface area (Å²) in [6.07, 6.45) is 3.10. The molecular weight excluding hydrogens is 444 g/mol. The third kappa shape index (κ3) is 6.16. The van der Waals surface area contributed by atoms with E-state index >= 15 is 0 Å². The largest absolute Gasteiger partial charge is 0.288 e. The number of nitrogens with zero attached hydrogens (tertiary/aromatic N) is 2. The molecule has 0 radical (unpaired) electrons. The van der Waals surface area contributed by atoms with Crippen LogP contribution < -0.4 is 21.1 Å². The first-order chi connectivity index (χ1) is 15.7. The Morgan fingerprint density at radius 1 is 1.06 bits per heavy atom. The quantitative estimate of drug-likeness (QED) is 0.352. The summed E-state index contributed by atoms with van der Waals surface area (Å²) in [5.41, 5.74) is 6.86. The molecule has 2 aromatic carbocycles. The van der Waals surface area contributed by atoms with Crippen molar-refractivity contribution < 1.29 is 13.2 Å². The van der Waals surface area contributed by atoms with Gasteiger partial charge in [-0.25, -0.2) is 8.42 Å². The standard InChI is InChI=1S/C22H26N6O4S/c1-4-5-6-16-8-10-17(11-9-16)28-33(31,32)18-12-7-14(2)19(13-18)21(30)25-27-22-23-20(29)15(3)24-26-22/h7-13,28H,4-6H2,1-3H3,(H,25,30)(H2,23,26,27,29). The van der Waals surface area contributed by atoms with Crippen LogP contribution in [-0.2, 0) is 16.4 Å². The van der Waals surface area contributed by atoms with Gasteiger partial charge in [0.05, 0.1) is 4.90 Å². The van der Waals surface area contributed by atoms with Gasteiger partial charge in [0, 0.05) is 11.3 Å². The normalized spacial score (nSPS) is 11.1. The first kappa shape index (κ1) is 23.9. The van der Waals surface area contributed by atoms with E-state index in [-0.39, 0.29) is 22.1 Å². The number of carbonyl (C=O) groups excluding carboxylic acids is 1. The lowest BCUT2D eigenvalue weighted by Gasteiger charge is -2.12. The molecule has 0 aliphatic rings. The van der Waals surface area contributed by atoms with Crippen LogP contribution in [0.15, 0.2) is 52.2 Å². The molecule has 1 aromatic heterocycles. The van der Waals surface area contributed by atoms with E-state index in [0.29, 0.717) is 11.3 Å². The number of aryl methyl sites for hydroxylation is 3. The molecule has 0 saturated heterocycles. The number of H-pyrrole nitrogens is 1. The number of nitrogens with one attached hydrogen (secondary N) is 4. The number of unbranched alkanes of at least 4 members (excludes halogenated alkanes) is 1. The molecule has 1 amide bonds. The van der Waals surface area contributed by atoms with Crippen molar-refractivity contribution in [2.45, 2.75) is 44.9 Å². The molecule has 1 heterocycles. The van der Waals surface area contributed by atoms with Crippen molar-refractivity contribution in [3.8, 4) is 0 Å². The highest BCUT2D eigenvalue weighted by molar-refractivity contribution is 7.92. The van der Waals surface area contributed by atoms with Crippen molar-refractivity contribution in [1.29, 1.82) is 0 Å². The summed E-state index contributed by atoms with van der Waals surface area (Å²) in [6.45, 7) is 5.30. The second-order valence-electron chi connectivity index (χ2n) is 7.55. The number of carbonyl (C=O) groups is 1. The lowest BCUT2D eigenvalue weighted by Crippen LogP contribution is -2.32. The van der Waals surface area contributed by atoms with E-state index in [0.717, 1.165) is 24.8 Å². The zero-order chi connectivity index (χ0) is 24.0. The second-order valence-corrected chi connectivity index (χ2v) is 9.23. The zero-order valence-electron chi connectivity index (χ0n) is 18.6. The molecule has 0 fully saturated rings. The van der Waals surface area contributed by atoms with Gasteiger partial charge in [0.25, 0.3) is 21.5 Å². The Balaban J connectivity index is 1.74.